The molecule has 0 aliphatic carbocycles. The van der Waals surface area contributed by atoms with E-state index in [1.54, 1.807) is 12.1 Å². The number of hydrogen-bond donors (Lipinski definition) is 1. The first-order valence-electron chi connectivity index (χ1n) is 5.77. The van der Waals surface area contributed by atoms with Gasteiger partial charge in [0.05, 0.1) is 10.5 Å². The Labute approximate surface area is 115 Å². The lowest BCUT2D eigenvalue weighted by atomic mass is 10.2. The summed E-state index contributed by atoms with van der Waals surface area (Å²) in [6, 6.07) is 6.19. The molecular formula is C12H18N2O3SSi. The van der Waals surface area contributed by atoms with Crippen LogP contribution in [0.25, 0.3) is 4.85 Å². The Balaban J connectivity index is 3.02. The quantitative estimate of drug-likeness (QED) is 0.670. The van der Waals surface area contributed by atoms with Crippen LogP contribution >= 0.6 is 0 Å². The molecule has 0 aromatic heterocycles. The van der Waals surface area contributed by atoms with E-state index < -0.39 is 24.6 Å². The van der Waals surface area contributed by atoms with Gasteiger partial charge in [-0.15, -0.1) is 0 Å². The normalized spacial score (nSPS) is 13.8. The van der Waals surface area contributed by atoms with E-state index in [0.717, 1.165) is 0 Å². The van der Waals surface area contributed by atoms with E-state index in [2.05, 4.69) is 9.57 Å². The van der Waals surface area contributed by atoms with Crippen LogP contribution in [0, 0.1) is 6.57 Å². The Morgan fingerprint density at radius 3 is 2.16 bits per heavy atom. The van der Waals surface area contributed by atoms with Gasteiger partial charge in [0.25, 0.3) is 0 Å². The zero-order valence-corrected chi connectivity index (χ0v) is 13.3. The molecule has 1 rings (SSSR count). The lowest BCUT2D eigenvalue weighted by molar-refractivity contribution is 0.245. The van der Waals surface area contributed by atoms with Crippen LogP contribution in [0.4, 0.5) is 0 Å². The van der Waals surface area contributed by atoms with E-state index in [9.17, 15) is 8.42 Å². The molecule has 0 fully saturated rings. The number of nitrogens with zero attached hydrogens (tertiary/aromatic N) is 1. The Bertz CT molecular complexity index is 570. The maximum absolute atomic E-state index is 11.6. The number of sulfonamides is 1. The van der Waals surface area contributed by atoms with E-state index in [-0.39, 0.29) is 4.90 Å². The van der Waals surface area contributed by atoms with Gasteiger partial charge in [0, 0.05) is 0 Å². The van der Waals surface area contributed by atoms with E-state index in [1.165, 1.54) is 19.2 Å². The molecule has 0 aliphatic rings. The fourth-order valence-electron chi connectivity index (χ4n) is 1.43. The smallest absolute Gasteiger partial charge is 0.345 e. The minimum absolute atomic E-state index is 0.176. The molecule has 5 nitrogen and oxygen atoms in total. The third-order valence-corrected chi connectivity index (χ3v) is 4.69. The van der Waals surface area contributed by atoms with E-state index in [0.29, 0.717) is 5.56 Å². The van der Waals surface area contributed by atoms with Crippen LogP contribution in [0.3, 0.4) is 0 Å². The van der Waals surface area contributed by atoms with Crippen molar-refractivity contribution >= 4 is 18.3 Å². The molecule has 0 spiro atoms. The number of hydrogen-bond acceptors (Lipinski definition) is 3. The first kappa shape index (κ1) is 15.9. The Morgan fingerprint density at radius 1 is 1.26 bits per heavy atom. The lowest BCUT2D eigenvalue weighted by Gasteiger charge is -2.18. The second kappa shape index (κ2) is 5.84. The van der Waals surface area contributed by atoms with Gasteiger partial charge < -0.3 is 4.43 Å². The monoisotopic (exact) mass is 298 g/mol. The molecule has 104 valence electrons. The van der Waals surface area contributed by atoms with Crippen molar-refractivity contribution in [2.45, 2.75) is 30.8 Å². The molecule has 0 heterocycles. The molecular weight excluding hydrogens is 280 g/mol. The fourth-order valence-corrected chi connectivity index (χ4v) is 3.02. The van der Waals surface area contributed by atoms with Crippen LogP contribution in [0.5, 0.6) is 0 Å². The Kier molecular flexibility index (Phi) is 4.87. The van der Waals surface area contributed by atoms with Crippen LogP contribution in [-0.4, -0.2) is 23.8 Å². The second-order valence-corrected chi connectivity index (χ2v) is 11.3. The van der Waals surface area contributed by atoms with Crippen molar-refractivity contribution in [2.24, 2.45) is 0 Å². The van der Waals surface area contributed by atoms with Gasteiger partial charge in [-0.3, -0.25) is 4.85 Å². The second-order valence-electron chi connectivity index (χ2n) is 4.99. The molecule has 0 radical (unpaired) electrons. The average molecular weight is 298 g/mol. The van der Waals surface area contributed by atoms with Gasteiger partial charge in [-0.05, 0) is 51.0 Å². The zero-order chi connectivity index (χ0) is 14.7. The first-order valence-corrected chi connectivity index (χ1v) is 10.7. The number of benzene rings is 1. The molecule has 0 aliphatic heterocycles. The van der Waals surface area contributed by atoms with E-state index >= 15 is 0 Å². The zero-order valence-electron chi connectivity index (χ0n) is 11.5. The van der Waals surface area contributed by atoms with Gasteiger partial charge in [0.1, 0.15) is 0 Å². The minimum atomic E-state index is -3.44. The van der Waals surface area contributed by atoms with Crippen LogP contribution in [-0.2, 0) is 14.4 Å². The van der Waals surface area contributed by atoms with Crippen LogP contribution in [0.15, 0.2) is 29.2 Å². The van der Waals surface area contributed by atoms with Crippen molar-refractivity contribution in [1.29, 1.82) is 0 Å². The molecule has 7 heteroatoms. The van der Waals surface area contributed by atoms with Crippen LogP contribution in [0.1, 0.15) is 11.8 Å². The van der Waals surface area contributed by atoms with Crippen molar-refractivity contribution < 1.29 is 12.8 Å². The predicted molar refractivity (Wildman–Crippen MR) is 76.5 cm³/mol. The highest BCUT2D eigenvalue weighted by atomic mass is 32.2. The maximum Gasteiger partial charge on any atom is 0.345 e. The molecule has 1 aromatic rings. The van der Waals surface area contributed by atoms with E-state index in [4.69, 9.17) is 11.0 Å². The molecule has 1 N–H and O–H groups in total. The van der Waals surface area contributed by atoms with Gasteiger partial charge in [-0.2, -0.15) is 0 Å². The topological polar surface area (TPSA) is 59.8 Å². The maximum atomic E-state index is 11.6. The highest BCUT2D eigenvalue weighted by Gasteiger charge is 2.26. The van der Waals surface area contributed by atoms with Crippen LogP contribution < -0.4 is 4.72 Å². The molecule has 19 heavy (non-hydrogen) atoms. The standard InChI is InChI=1S/C12H18N2O3SSi/c1-13-12(17-19(3,4)5)10-6-8-11(9-7-10)18(15,16)14-2/h6-9,12,14H,2-5H3. The molecule has 0 bridgehead atoms. The minimum Gasteiger partial charge on any atom is -0.349 e. The summed E-state index contributed by atoms with van der Waals surface area (Å²) in [5.74, 6) is 0. The Hall–Kier alpha value is -1.20. The summed E-state index contributed by atoms with van der Waals surface area (Å²) in [5.41, 5.74) is 0.674. The Morgan fingerprint density at radius 2 is 1.79 bits per heavy atom. The van der Waals surface area contributed by atoms with Crippen molar-refractivity contribution in [3.63, 3.8) is 0 Å². The third kappa shape index (κ3) is 4.43. The summed E-state index contributed by atoms with van der Waals surface area (Å²) < 4.78 is 31.2. The van der Waals surface area contributed by atoms with Crippen LogP contribution in [0.2, 0.25) is 19.6 Å². The summed E-state index contributed by atoms with van der Waals surface area (Å²) in [6.45, 7) is 13.2. The van der Waals surface area contributed by atoms with E-state index in [1.807, 2.05) is 19.6 Å². The third-order valence-electron chi connectivity index (χ3n) is 2.33. The average Bonchev–Trinajstić information content (AvgIpc) is 2.35. The fraction of sp³-hybridized carbons (Fsp3) is 0.417. The molecule has 0 saturated carbocycles. The molecule has 1 unspecified atom stereocenters. The lowest BCUT2D eigenvalue weighted by Crippen LogP contribution is -2.27. The summed E-state index contributed by atoms with van der Waals surface area (Å²) >= 11 is 0. The molecule has 1 atom stereocenters. The summed E-state index contributed by atoms with van der Waals surface area (Å²) in [4.78, 5) is 3.63. The molecule has 1 aromatic carbocycles. The first-order chi connectivity index (χ1) is 8.69. The summed E-state index contributed by atoms with van der Waals surface area (Å²) in [7, 11) is -3.91. The molecule has 0 amide bonds. The summed E-state index contributed by atoms with van der Waals surface area (Å²) in [5, 5.41) is 0. The highest BCUT2D eigenvalue weighted by molar-refractivity contribution is 7.89. The van der Waals surface area contributed by atoms with Gasteiger partial charge in [0.15, 0.2) is 8.32 Å². The van der Waals surface area contributed by atoms with Gasteiger partial charge >= 0.3 is 6.23 Å². The highest BCUT2D eigenvalue weighted by Crippen LogP contribution is 2.24. The van der Waals surface area contributed by atoms with Gasteiger partial charge in [0.2, 0.25) is 10.0 Å². The van der Waals surface area contributed by atoms with Crippen molar-refractivity contribution in [1.82, 2.24) is 4.72 Å². The molecule has 0 saturated heterocycles. The van der Waals surface area contributed by atoms with Gasteiger partial charge in [-0.25, -0.2) is 19.7 Å². The van der Waals surface area contributed by atoms with Crippen molar-refractivity contribution in [3.8, 4) is 0 Å². The number of rotatable bonds is 5. The predicted octanol–water partition coefficient (Wildman–Crippen LogP) is 2.36. The summed E-state index contributed by atoms with van der Waals surface area (Å²) in [6.07, 6.45) is -0.669. The largest absolute Gasteiger partial charge is 0.349 e. The SMILES string of the molecule is [C-]#[N+]C(O[Si](C)(C)C)c1ccc(S(=O)(=O)NC)cc1. The van der Waals surface area contributed by atoms with Crippen molar-refractivity contribution in [3.05, 3.63) is 41.2 Å². The van der Waals surface area contributed by atoms with Crippen molar-refractivity contribution in [2.75, 3.05) is 7.05 Å². The van der Waals surface area contributed by atoms with Gasteiger partial charge in [-0.1, -0.05) is 0 Å². The number of nitrogens with one attached hydrogen (secondary N) is 1.